The van der Waals surface area contributed by atoms with E-state index in [2.05, 4.69) is 14.7 Å². The van der Waals surface area contributed by atoms with Crippen molar-refractivity contribution in [3.05, 3.63) is 5.51 Å². The third-order valence-corrected chi connectivity index (χ3v) is 1.00. The fourth-order valence-electron chi connectivity index (χ4n) is 0.271. The summed E-state index contributed by atoms with van der Waals surface area (Å²) in [6, 6.07) is 0. The maximum absolute atomic E-state index is 9.56. The maximum atomic E-state index is 9.56. The molecule has 1 amide bonds. The molecule has 0 bridgehead atoms. The van der Waals surface area contributed by atoms with Gasteiger partial charge in [-0.05, 0) is 11.5 Å². The summed E-state index contributed by atoms with van der Waals surface area (Å²) in [6.07, 6.45) is 1.45. The molecule has 0 saturated carbocycles. The van der Waals surface area contributed by atoms with Gasteiger partial charge in [0.05, 0.1) is 0 Å². The molecule has 4 nitrogen and oxygen atoms in total. The van der Waals surface area contributed by atoms with Gasteiger partial charge in [0.25, 0.3) is 0 Å². The van der Waals surface area contributed by atoms with Crippen molar-refractivity contribution in [2.45, 2.75) is 0 Å². The van der Waals surface area contributed by atoms with Crippen molar-refractivity contribution in [2.75, 3.05) is 5.32 Å². The molecule has 1 aromatic rings. The zero-order chi connectivity index (χ0) is 5.82. The first kappa shape index (κ1) is 5.17. The van der Waals surface area contributed by atoms with E-state index in [1.807, 2.05) is 0 Å². The van der Waals surface area contributed by atoms with E-state index in [1.165, 1.54) is 23.5 Å². The summed E-state index contributed by atoms with van der Waals surface area (Å²) < 4.78 is 3.66. The van der Waals surface area contributed by atoms with Crippen LogP contribution in [0.15, 0.2) is 5.51 Å². The number of aromatic nitrogens is 2. The molecule has 1 N–H and O–H groups in total. The van der Waals surface area contributed by atoms with Gasteiger partial charge in [-0.1, -0.05) is 0 Å². The summed E-state index contributed by atoms with van der Waals surface area (Å²) in [7, 11) is 0. The number of nitrogens with zero attached hydrogens (tertiary/aromatic N) is 2. The van der Waals surface area contributed by atoms with Gasteiger partial charge in [-0.3, -0.25) is 10.1 Å². The van der Waals surface area contributed by atoms with Crippen LogP contribution in [0.1, 0.15) is 0 Å². The average Bonchev–Trinajstić information content (AvgIpc) is 2.19. The van der Waals surface area contributed by atoms with E-state index in [-0.39, 0.29) is 0 Å². The lowest BCUT2D eigenvalue weighted by Gasteiger charge is -1.79. The van der Waals surface area contributed by atoms with Crippen molar-refractivity contribution in [3.8, 4) is 0 Å². The Labute approximate surface area is 49.7 Å². The van der Waals surface area contributed by atoms with Gasteiger partial charge < -0.3 is 0 Å². The molecule has 0 fully saturated rings. The first-order valence-corrected chi connectivity index (χ1v) is 2.66. The molecule has 0 atom stereocenters. The molecule has 0 aliphatic carbocycles. The summed E-state index contributed by atoms with van der Waals surface area (Å²) in [5, 5.41) is 2.17. The minimum absolute atomic E-state index is 0.310. The Kier molecular flexibility index (Phi) is 1.53. The van der Waals surface area contributed by atoms with Crippen molar-refractivity contribution in [3.63, 3.8) is 0 Å². The second-order valence-electron chi connectivity index (χ2n) is 0.982. The average molecular weight is 128 g/mol. The second kappa shape index (κ2) is 2.37. The first-order valence-electron chi connectivity index (χ1n) is 1.83. The van der Waals surface area contributed by atoms with Crippen molar-refractivity contribution in [1.82, 2.24) is 9.36 Å². The van der Waals surface area contributed by atoms with Crippen LogP contribution >= 0.6 is 11.5 Å². The molecule has 0 saturated heterocycles. The van der Waals surface area contributed by atoms with Gasteiger partial charge in [-0.2, -0.15) is 4.37 Å². The van der Waals surface area contributed by atoms with Gasteiger partial charge in [0, 0.05) is 0 Å². The third kappa shape index (κ3) is 1.00. The second-order valence-corrected chi connectivity index (χ2v) is 1.59. The lowest BCUT2D eigenvalue weighted by molar-refractivity contribution is 0.560. The van der Waals surface area contributed by atoms with Crippen molar-refractivity contribution < 1.29 is 4.79 Å². The first-order chi connectivity index (χ1) is 3.93. The van der Waals surface area contributed by atoms with Gasteiger partial charge in [0.2, 0.25) is 5.95 Å². The molecule has 1 radical (unpaired) electrons. The van der Waals surface area contributed by atoms with E-state index < -0.39 is 0 Å². The zero-order valence-corrected chi connectivity index (χ0v) is 4.60. The highest BCUT2D eigenvalue weighted by Gasteiger charge is 1.89. The fourth-order valence-corrected chi connectivity index (χ4v) is 0.658. The molecule has 0 aromatic carbocycles. The minimum atomic E-state index is 0.310. The quantitative estimate of drug-likeness (QED) is 0.571. The van der Waals surface area contributed by atoms with Crippen LogP contribution in [0.25, 0.3) is 0 Å². The monoisotopic (exact) mass is 128 g/mol. The summed E-state index contributed by atoms with van der Waals surface area (Å²) >= 11 is 1.18. The van der Waals surface area contributed by atoms with E-state index in [0.29, 0.717) is 5.95 Å². The van der Waals surface area contributed by atoms with Gasteiger partial charge in [0.15, 0.2) is 0 Å². The van der Waals surface area contributed by atoms with E-state index in [4.69, 9.17) is 0 Å². The number of carbonyl (C=O) groups excluding carboxylic acids is 1. The molecule has 0 aliphatic heterocycles. The molecule has 41 valence electrons. The Morgan fingerprint density at radius 3 is 3.25 bits per heavy atom. The predicted octanol–water partition coefficient (Wildman–Crippen LogP) is 0.0172. The van der Waals surface area contributed by atoms with Crippen molar-refractivity contribution >= 4 is 23.9 Å². The Morgan fingerprint density at radius 2 is 2.75 bits per heavy atom. The highest BCUT2D eigenvalue weighted by Crippen LogP contribution is 1.96. The number of hydrogen-bond donors (Lipinski definition) is 1. The summed E-state index contributed by atoms with van der Waals surface area (Å²) in [5.74, 6) is 0.310. The maximum Gasteiger partial charge on any atom is 0.316 e. The molecular formula is C3H2N3OS. The standard InChI is InChI=1S/C3H2N3OS/c7-1-4-3-5-2-8-6-3/h2H,(H,4,6,7). The molecule has 5 heteroatoms. The summed E-state index contributed by atoms with van der Waals surface area (Å²) in [4.78, 5) is 13.2. The van der Waals surface area contributed by atoms with Crippen molar-refractivity contribution in [1.29, 1.82) is 0 Å². The number of amides is 1. The fraction of sp³-hybridized carbons (Fsp3) is 0. The van der Waals surface area contributed by atoms with Crippen LogP contribution in [0.4, 0.5) is 5.95 Å². The highest BCUT2D eigenvalue weighted by molar-refractivity contribution is 7.03. The normalized spacial score (nSPS) is 8.50. The van der Waals surface area contributed by atoms with Crippen LogP contribution in [0, 0.1) is 0 Å². The van der Waals surface area contributed by atoms with E-state index >= 15 is 0 Å². The van der Waals surface area contributed by atoms with E-state index in [1.54, 1.807) is 0 Å². The van der Waals surface area contributed by atoms with Crippen LogP contribution in [0.3, 0.4) is 0 Å². The Morgan fingerprint density at radius 1 is 1.88 bits per heavy atom. The molecule has 0 unspecified atom stereocenters. The molecule has 1 heterocycles. The number of hydrogen-bond acceptors (Lipinski definition) is 4. The van der Waals surface area contributed by atoms with Gasteiger partial charge in [-0.15, -0.1) is 0 Å². The largest absolute Gasteiger partial charge is 0.316 e. The number of nitrogens with one attached hydrogen (secondary N) is 1. The summed E-state index contributed by atoms with van der Waals surface area (Å²) in [5.41, 5.74) is 1.53. The molecule has 1 rings (SSSR count). The van der Waals surface area contributed by atoms with Crippen LogP contribution < -0.4 is 5.32 Å². The van der Waals surface area contributed by atoms with Crippen LogP contribution in [-0.2, 0) is 4.79 Å². The lowest BCUT2D eigenvalue weighted by atomic mass is 11.0. The minimum Gasteiger partial charge on any atom is -0.285 e. The highest BCUT2D eigenvalue weighted by atomic mass is 32.1. The molecule has 1 aromatic heterocycles. The third-order valence-electron chi connectivity index (χ3n) is 0.524. The van der Waals surface area contributed by atoms with Gasteiger partial charge in [0.1, 0.15) is 5.51 Å². The number of anilines is 1. The molecular weight excluding hydrogens is 126 g/mol. The number of rotatable bonds is 2. The summed E-state index contributed by atoms with van der Waals surface area (Å²) in [6.45, 7) is 0. The topological polar surface area (TPSA) is 54.9 Å². The van der Waals surface area contributed by atoms with Crippen LogP contribution in [0.2, 0.25) is 0 Å². The van der Waals surface area contributed by atoms with Crippen LogP contribution in [0.5, 0.6) is 0 Å². The Bertz CT molecular complexity index is 161. The van der Waals surface area contributed by atoms with Gasteiger partial charge >= 0.3 is 6.41 Å². The molecule has 0 aliphatic rings. The van der Waals surface area contributed by atoms with Crippen molar-refractivity contribution in [2.24, 2.45) is 0 Å². The molecule has 0 spiro atoms. The lowest BCUT2D eigenvalue weighted by Crippen LogP contribution is -1.93. The van der Waals surface area contributed by atoms with E-state index in [9.17, 15) is 4.79 Å². The van der Waals surface area contributed by atoms with Crippen LogP contribution in [-0.4, -0.2) is 15.8 Å². The predicted molar refractivity (Wildman–Crippen MR) is 29.2 cm³/mol. The smallest absolute Gasteiger partial charge is 0.285 e. The van der Waals surface area contributed by atoms with E-state index in [0.717, 1.165) is 0 Å². The van der Waals surface area contributed by atoms with Gasteiger partial charge in [-0.25, -0.2) is 4.98 Å². The molecule has 8 heavy (non-hydrogen) atoms. The Balaban J connectivity index is 2.62. The zero-order valence-electron chi connectivity index (χ0n) is 3.79. The Hall–Kier alpha value is -0.970. The SMILES string of the molecule is O=[C]Nc1ncsn1.